The van der Waals surface area contributed by atoms with Crippen molar-refractivity contribution in [2.75, 3.05) is 20.8 Å². The van der Waals surface area contributed by atoms with Crippen molar-refractivity contribution in [3.63, 3.8) is 0 Å². The van der Waals surface area contributed by atoms with Crippen molar-refractivity contribution in [1.82, 2.24) is 5.32 Å². The van der Waals surface area contributed by atoms with Crippen molar-refractivity contribution in [3.05, 3.63) is 47.0 Å². The van der Waals surface area contributed by atoms with Crippen LogP contribution in [0.15, 0.2) is 36.4 Å². The molecule has 0 atom stereocenters. The van der Waals surface area contributed by atoms with Gasteiger partial charge in [-0.2, -0.15) is 0 Å². The summed E-state index contributed by atoms with van der Waals surface area (Å²) in [6.45, 7) is 6.23. The minimum atomic E-state index is 0.616. The molecule has 0 amide bonds. The van der Waals surface area contributed by atoms with Gasteiger partial charge < -0.3 is 14.8 Å². The third-order valence-corrected chi connectivity index (χ3v) is 4.61. The molecule has 3 aromatic carbocycles. The number of fused-ring (bicyclic) bond motifs is 3. The van der Waals surface area contributed by atoms with Crippen molar-refractivity contribution >= 4 is 33.1 Å². The normalized spacial score (nSPS) is 11.4. The first-order valence-corrected chi connectivity index (χ1v) is 8.89. The van der Waals surface area contributed by atoms with Crippen LogP contribution in [0, 0.1) is 5.92 Å². The first-order valence-electron chi connectivity index (χ1n) is 8.51. The molecule has 0 aromatic heterocycles. The summed E-state index contributed by atoms with van der Waals surface area (Å²) in [6, 6.07) is 12.3. The molecule has 0 aliphatic carbocycles. The van der Waals surface area contributed by atoms with Gasteiger partial charge in [0, 0.05) is 11.6 Å². The van der Waals surface area contributed by atoms with E-state index >= 15 is 0 Å². The van der Waals surface area contributed by atoms with Crippen molar-refractivity contribution in [1.29, 1.82) is 0 Å². The van der Waals surface area contributed by atoms with E-state index in [1.807, 2.05) is 24.3 Å². The van der Waals surface area contributed by atoms with Crippen LogP contribution in [-0.4, -0.2) is 20.8 Å². The summed E-state index contributed by atoms with van der Waals surface area (Å²) in [5, 5.41) is 8.84. The predicted molar refractivity (Wildman–Crippen MR) is 106 cm³/mol. The maximum absolute atomic E-state index is 6.28. The molecular weight excluding hydrogens is 334 g/mol. The number of halogens is 1. The Morgan fingerprint density at radius 2 is 1.64 bits per heavy atom. The molecule has 0 aliphatic rings. The van der Waals surface area contributed by atoms with Crippen LogP contribution in [0.3, 0.4) is 0 Å². The third-order valence-electron chi connectivity index (χ3n) is 4.37. The van der Waals surface area contributed by atoms with Crippen LogP contribution in [0.2, 0.25) is 5.02 Å². The van der Waals surface area contributed by atoms with Gasteiger partial charge in [-0.15, -0.1) is 0 Å². The average Bonchev–Trinajstić information content (AvgIpc) is 2.60. The Morgan fingerprint density at radius 1 is 0.920 bits per heavy atom. The van der Waals surface area contributed by atoms with Crippen molar-refractivity contribution in [3.8, 4) is 11.5 Å². The Kier molecular flexibility index (Phi) is 5.36. The molecule has 25 heavy (non-hydrogen) atoms. The van der Waals surface area contributed by atoms with Crippen LogP contribution in [0.5, 0.6) is 11.5 Å². The molecule has 3 nitrogen and oxygen atoms in total. The molecule has 4 heteroatoms. The maximum atomic E-state index is 6.28. The molecule has 3 aromatic rings. The molecule has 1 N–H and O–H groups in total. The molecule has 132 valence electrons. The van der Waals surface area contributed by atoms with Gasteiger partial charge in [0.1, 0.15) is 0 Å². The zero-order chi connectivity index (χ0) is 18.0. The monoisotopic (exact) mass is 357 g/mol. The topological polar surface area (TPSA) is 30.5 Å². The zero-order valence-electron chi connectivity index (χ0n) is 15.2. The van der Waals surface area contributed by atoms with Gasteiger partial charge in [0.25, 0.3) is 0 Å². The number of nitrogens with one attached hydrogen (secondary N) is 1. The predicted octanol–water partition coefficient (Wildman–Crippen LogP) is 5.41. The van der Waals surface area contributed by atoms with Crippen molar-refractivity contribution in [2.45, 2.75) is 20.4 Å². The number of ether oxygens (including phenoxy) is 2. The van der Waals surface area contributed by atoms with E-state index in [0.717, 1.165) is 45.8 Å². The number of rotatable bonds is 6. The number of benzene rings is 3. The van der Waals surface area contributed by atoms with E-state index in [1.165, 1.54) is 10.9 Å². The highest BCUT2D eigenvalue weighted by molar-refractivity contribution is 6.32. The molecule has 0 aliphatic heterocycles. The highest BCUT2D eigenvalue weighted by Crippen LogP contribution is 2.37. The second-order valence-corrected chi connectivity index (χ2v) is 7.12. The molecule has 0 heterocycles. The summed E-state index contributed by atoms with van der Waals surface area (Å²) in [6.07, 6.45) is 0. The second-order valence-electron chi connectivity index (χ2n) is 6.68. The van der Waals surface area contributed by atoms with Crippen molar-refractivity contribution < 1.29 is 9.47 Å². The Morgan fingerprint density at radius 3 is 2.32 bits per heavy atom. The van der Waals surface area contributed by atoms with E-state index in [0.29, 0.717) is 5.92 Å². The minimum absolute atomic E-state index is 0.616. The fourth-order valence-corrected chi connectivity index (χ4v) is 3.35. The van der Waals surface area contributed by atoms with Gasteiger partial charge in [0.15, 0.2) is 11.5 Å². The van der Waals surface area contributed by atoms with Crippen LogP contribution < -0.4 is 14.8 Å². The van der Waals surface area contributed by atoms with Crippen LogP contribution >= 0.6 is 11.6 Å². The summed E-state index contributed by atoms with van der Waals surface area (Å²) in [7, 11) is 3.32. The highest BCUT2D eigenvalue weighted by atomic mass is 35.5. The smallest absolute Gasteiger partial charge is 0.161 e. The van der Waals surface area contributed by atoms with Crippen LogP contribution in [0.1, 0.15) is 19.4 Å². The number of methoxy groups -OCH3 is 2. The van der Waals surface area contributed by atoms with E-state index in [-0.39, 0.29) is 0 Å². The Balaban J connectivity index is 2.21. The molecule has 0 fully saturated rings. The molecule has 0 unspecified atom stereocenters. The highest BCUT2D eigenvalue weighted by Gasteiger charge is 2.12. The third kappa shape index (κ3) is 3.68. The summed E-state index contributed by atoms with van der Waals surface area (Å²) < 4.78 is 10.9. The minimum Gasteiger partial charge on any atom is -0.493 e. The van der Waals surface area contributed by atoms with Gasteiger partial charge >= 0.3 is 0 Å². The molecule has 0 bridgehead atoms. The molecule has 0 saturated carbocycles. The van der Waals surface area contributed by atoms with Crippen LogP contribution in [-0.2, 0) is 6.54 Å². The van der Waals surface area contributed by atoms with Gasteiger partial charge in [0.05, 0.1) is 14.2 Å². The first-order chi connectivity index (χ1) is 12.0. The van der Waals surface area contributed by atoms with E-state index in [4.69, 9.17) is 21.1 Å². The summed E-state index contributed by atoms with van der Waals surface area (Å²) in [5.74, 6) is 2.07. The average molecular weight is 358 g/mol. The summed E-state index contributed by atoms with van der Waals surface area (Å²) in [4.78, 5) is 0. The maximum Gasteiger partial charge on any atom is 0.161 e. The summed E-state index contributed by atoms with van der Waals surface area (Å²) in [5.41, 5.74) is 1.26. The lowest BCUT2D eigenvalue weighted by molar-refractivity contribution is 0.356. The first kappa shape index (κ1) is 17.8. The lowest BCUT2D eigenvalue weighted by Crippen LogP contribution is -2.19. The fraction of sp³-hybridized carbons (Fsp3) is 0.333. The Hall–Kier alpha value is -1.97. The Bertz CT molecular complexity index is 905. The molecule has 0 radical (unpaired) electrons. The quantitative estimate of drug-likeness (QED) is 0.598. The van der Waals surface area contributed by atoms with Gasteiger partial charge in [-0.3, -0.25) is 0 Å². The van der Waals surface area contributed by atoms with Gasteiger partial charge in [0.2, 0.25) is 0 Å². The molecule has 0 spiro atoms. The lowest BCUT2D eigenvalue weighted by atomic mass is 9.96. The molecule has 0 saturated heterocycles. The largest absolute Gasteiger partial charge is 0.493 e. The number of hydrogen-bond donors (Lipinski definition) is 1. The molecular formula is C21H24ClNO2. The van der Waals surface area contributed by atoms with Crippen molar-refractivity contribution in [2.24, 2.45) is 5.92 Å². The van der Waals surface area contributed by atoms with E-state index < -0.39 is 0 Å². The Labute approximate surface area is 153 Å². The number of hydrogen-bond acceptors (Lipinski definition) is 3. The molecule has 3 rings (SSSR count). The fourth-order valence-electron chi connectivity index (χ4n) is 3.17. The zero-order valence-corrected chi connectivity index (χ0v) is 15.9. The van der Waals surface area contributed by atoms with E-state index in [9.17, 15) is 0 Å². The summed E-state index contributed by atoms with van der Waals surface area (Å²) >= 11 is 6.28. The standard InChI is InChI=1S/C21H24ClNO2/c1-13(2)11-23-12-15-7-14-8-20(24-3)21(25-4)10-18(14)19-9-16(22)5-6-17(15)19/h5-10,13,23H,11-12H2,1-4H3. The van der Waals surface area contributed by atoms with Crippen LogP contribution in [0.25, 0.3) is 21.5 Å². The SMILES string of the molecule is COc1cc2cc(CNCC(C)C)c3ccc(Cl)cc3c2cc1OC. The van der Waals surface area contributed by atoms with Gasteiger partial charge in [-0.1, -0.05) is 31.5 Å². The lowest BCUT2D eigenvalue weighted by Gasteiger charge is -2.15. The van der Waals surface area contributed by atoms with Crippen LogP contribution in [0.4, 0.5) is 0 Å². The second kappa shape index (κ2) is 7.51. The van der Waals surface area contributed by atoms with E-state index in [2.05, 4.69) is 31.3 Å². The van der Waals surface area contributed by atoms with Gasteiger partial charge in [-0.05, 0) is 69.9 Å². The van der Waals surface area contributed by atoms with Gasteiger partial charge in [-0.25, -0.2) is 0 Å². The van der Waals surface area contributed by atoms with E-state index in [1.54, 1.807) is 14.2 Å².